The Balaban J connectivity index is 2.71. The third-order valence-electron chi connectivity index (χ3n) is 3.96. The minimum Gasteiger partial charge on any atom is -0.351 e. The molecular formula is C20H34N2O3S2. The highest BCUT2D eigenvalue weighted by Gasteiger charge is 2.27. The minimum absolute atomic E-state index is 0.0458. The molecule has 0 radical (unpaired) electrons. The Morgan fingerprint density at radius 3 is 2.33 bits per heavy atom. The molecule has 5 nitrogen and oxygen atoms in total. The summed E-state index contributed by atoms with van der Waals surface area (Å²) in [5, 5.41) is 3.07. The van der Waals surface area contributed by atoms with Gasteiger partial charge in [0.05, 0.1) is 11.9 Å². The maximum atomic E-state index is 12.3. The third-order valence-corrected chi connectivity index (χ3v) is 5.88. The van der Waals surface area contributed by atoms with Crippen LogP contribution in [0.1, 0.15) is 53.9 Å². The van der Waals surface area contributed by atoms with Gasteiger partial charge in [-0.05, 0) is 56.6 Å². The van der Waals surface area contributed by atoms with Gasteiger partial charge < -0.3 is 5.32 Å². The topological polar surface area (TPSA) is 66.5 Å². The molecule has 7 heteroatoms. The molecule has 0 unspecified atom stereocenters. The van der Waals surface area contributed by atoms with Gasteiger partial charge in [0.25, 0.3) is 0 Å². The average molecular weight is 415 g/mol. The summed E-state index contributed by atoms with van der Waals surface area (Å²) in [4.78, 5) is 13.3. The van der Waals surface area contributed by atoms with E-state index in [9.17, 15) is 13.2 Å². The Labute approximate surface area is 169 Å². The van der Waals surface area contributed by atoms with E-state index in [0.29, 0.717) is 18.5 Å². The van der Waals surface area contributed by atoms with E-state index in [1.54, 1.807) is 17.8 Å². The number of anilines is 1. The van der Waals surface area contributed by atoms with Crippen LogP contribution in [-0.4, -0.2) is 38.9 Å². The third kappa shape index (κ3) is 9.02. The quantitative estimate of drug-likeness (QED) is 0.612. The van der Waals surface area contributed by atoms with Crippen LogP contribution in [0.4, 0.5) is 5.69 Å². The highest BCUT2D eigenvalue weighted by Crippen LogP contribution is 2.27. The van der Waals surface area contributed by atoms with Crippen molar-refractivity contribution >= 4 is 33.4 Å². The monoisotopic (exact) mass is 414 g/mol. The lowest BCUT2D eigenvalue weighted by molar-refractivity contribution is -0.123. The van der Waals surface area contributed by atoms with E-state index in [1.807, 2.05) is 38.3 Å². The molecule has 1 N–H and O–H groups in total. The number of nitrogens with one attached hydrogen (secondary N) is 1. The number of hydrogen-bond acceptors (Lipinski definition) is 4. The number of carbonyl (C=O) groups excluding carboxylic acids is 1. The van der Waals surface area contributed by atoms with Crippen LogP contribution < -0.4 is 9.62 Å². The molecule has 0 saturated carbocycles. The highest BCUT2D eigenvalue weighted by molar-refractivity contribution is 7.98. The molecule has 0 bridgehead atoms. The van der Waals surface area contributed by atoms with Crippen molar-refractivity contribution < 1.29 is 13.2 Å². The number of nitrogens with zero attached hydrogens (tertiary/aromatic N) is 1. The van der Waals surface area contributed by atoms with Crippen LogP contribution in [0.5, 0.6) is 0 Å². The van der Waals surface area contributed by atoms with Crippen molar-refractivity contribution in [3.8, 4) is 0 Å². The fraction of sp³-hybridized carbons (Fsp3) is 0.650. The summed E-state index contributed by atoms with van der Waals surface area (Å²) in [5.41, 5.74) is 0.461. The number of benzene rings is 1. The van der Waals surface area contributed by atoms with Gasteiger partial charge in [-0.2, -0.15) is 0 Å². The number of thioether (sulfide) groups is 1. The van der Waals surface area contributed by atoms with Crippen LogP contribution in [0.3, 0.4) is 0 Å². The van der Waals surface area contributed by atoms with E-state index in [-0.39, 0.29) is 23.4 Å². The highest BCUT2D eigenvalue weighted by atomic mass is 32.2. The van der Waals surface area contributed by atoms with E-state index in [4.69, 9.17) is 0 Å². The molecule has 154 valence electrons. The summed E-state index contributed by atoms with van der Waals surface area (Å²) in [6, 6.07) is 7.44. The Kier molecular flexibility index (Phi) is 8.23. The molecule has 1 rings (SSSR count). The van der Waals surface area contributed by atoms with Gasteiger partial charge in [-0.15, -0.1) is 11.8 Å². The summed E-state index contributed by atoms with van der Waals surface area (Å²) in [6.45, 7) is 10.8. The number of amides is 1. The van der Waals surface area contributed by atoms with Gasteiger partial charge in [0.2, 0.25) is 15.9 Å². The molecule has 27 heavy (non-hydrogen) atoms. The molecule has 1 aromatic rings. The standard InChI is InChI=1S/C20H34N2O3S2/c1-19(2,3)15-20(4,5)21-18(23)12-9-13-22(27(7,24)25)16-10-8-11-17(14-16)26-6/h8,10-11,14H,9,12-13,15H2,1-7H3,(H,21,23). The smallest absolute Gasteiger partial charge is 0.232 e. The van der Waals surface area contributed by atoms with Crippen molar-refractivity contribution in [1.82, 2.24) is 5.32 Å². The number of hydrogen-bond donors (Lipinski definition) is 1. The molecule has 0 aromatic heterocycles. The zero-order valence-corrected chi connectivity index (χ0v) is 19.3. The molecule has 0 aliphatic heterocycles. The molecule has 1 amide bonds. The predicted molar refractivity (Wildman–Crippen MR) is 116 cm³/mol. The Morgan fingerprint density at radius 2 is 1.81 bits per heavy atom. The lowest BCUT2D eigenvalue weighted by Crippen LogP contribution is -2.46. The van der Waals surface area contributed by atoms with Crippen molar-refractivity contribution in [2.45, 2.75) is 64.3 Å². The maximum absolute atomic E-state index is 12.3. The number of rotatable bonds is 9. The molecular weight excluding hydrogens is 380 g/mol. The van der Waals surface area contributed by atoms with E-state index in [1.165, 1.54) is 10.6 Å². The van der Waals surface area contributed by atoms with Crippen LogP contribution in [0.2, 0.25) is 0 Å². The average Bonchev–Trinajstić information content (AvgIpc) is 2.47. The van der Waals surface area contributed by atoms with Gasteiger partial charge in [-0.1, -0.05) is 26.8 Å². The first-order chi connectivity index (χ1) is 12.2. The van der Waals surface area contributed by atoms with Gasteiger partial charge in [0.15, 0.2) is 0 Å². The van der Waals surface area contributed by atoms with E-state index >= 15 is 0 Å². The van der Waals surface area contributed by atoms with Crippen LogP contribution in [0.15, 0.2) is 29.2 Å². The second kappa shape index (κ2) is 9.32. The lowest BCUT2D eigenvalue weighted by atomic mass is 9.82. The van der Waals surface area contributed by atoms with Crippen molar-refractivity contribution in [1.29, 1.82) is 0 Å². The largest absolute Gasteiger partial charge is 0.351 e. The lowest BCUT2D eigenvalue weighted by Gasteiger charge is -2.33. The van der Waals surface area contributed by atoms with Crippen molar-refractivity contribution in [2.24, 2.45) is 5.41 Å². The zero-order valence-electron chi connectivity index (χ0n) is 17.6. The van der Waals surface area contributed by atoms with Crippen molar-refractivity contribution in [2.75, 3.05) is 23.4 Å². The molecule has 0 spiro atoms. The molecule has 0 saturated heterocycles. The molecule has 0 heterocycles. The van der Waals surface area contributed by atoms with Crippen LogP contribution in [0, 0.1) is 5.41 Å². The van der Waals surface area contributed by atoms with Crippen molar-refractivity contribution in [3.05, 3.63) is 24.3 Å². The van der Waals surface area contributed by atoms with Gasteiger partial charge >= 0.3 is 0 Å². The first kappa shape index (κ1) is 23.8. The van der Waals surface area contributed by atoms with Gasteiger partial charge in [0, 0.05) is 23.4 Å². The molecule has 0 atom stereocenters. The van der Waals surface area contributed by atoms with E-state index in [0.717, 1.165) is 11.3 Å². The number of sulfonamides is 1. The summed E-state index contributed by atoms with van der Waals surface area (Å²) in [5.74, 6) is -0.0458. The SMILES string of the molecule is CSc1cccc(N(CCCC(=O)NC(C)(C)CC(C)(C)C)S(C)(=O)=O)c1. The molecule has 0 fully saturated rings. The summed E-state index contributed by atoms with van der Waals surface area (Å²) < 4.78 is 25.8. The van der Waals surface area contributed by atoms with E-state index < -0.39 is 10.0 Å². The second-order valence-electron chi connectivity index (χ2n) is 8.81. The van der Waals surface area contributed by atoms with Gasteiger partial charge in [-0.25, -0.2) is 8.42 Å². The predicted octanol–water partition coefficient (Wildman–Crippen LogP) is 4.29. The summed E-state index contributed by atoms with van der Waals surface area (Å²) >= 11 is 1.56. The molecule has 0 aliphatic rings. The first-order valence-corrected chi connectivity index (χ1v) is 12.2. The Morgan fingerprint density at radius 1 is 1.19 bits per heavy atom. The summed E-state index contributed by atoms with van der Waals surface area (Å²) in [7, 11) is -3.41. The zero-order chi connectivity index (χ0) is 20.9. The van der Waals surface area contributed by atoms with E-state index in [2.05, 4.69) is 26.1 Å². The van der Waals surface area contributed by atoms with Gasteiger partial charge in [0.1, 0.15) is 0 Å². The van der Waals surface area contributed by atoms with Crippen molar-refractivity contribution in [3.63, 3.8) is 0 Å². The Bertz CT molecular complexity index is 738. The van der Waals surface area contributed by atoms with Crippen LogP contribution in [-0.2, 0) is 14.8 Å². The maximum Gasteiger partial charge on any atom is 0.232 e. The van der Waals surface area contributed by atoms with Crippen LogP contribution in [0.25, 0.3) is 0 Å². The Hall–Kier alpha value is -1.21. The number of carbonyl (C=O) groups is 1. The first-order valence-electron chi connectivity index (χ1n) is 9.16. The second-order valence-corrected chi connectivity index (χ2v) is 11.6. The molecule has 1 aromatic carbocycles. The van der Waals surface area contributed by atoms with Crippen LogP contribution >= 0.6 is 11.8 Å². The fourth-order valence-electron chi connectivity index (χ4n) is 3.45. The fourth-order valence-corrected chi connectivity index (χ4v) is 4.86. The van der Waals surface area contributed by atoms with Gasteiger partial charge in [-0.3, -0.25) is 9.10 Å². The molecule has 0 aliphatic carbocycles. The normalized spacial score (nSPS) is 12.7. The minimum atomic E-state index is -3.41. The summed E-state index contributed by atoms with van der Waals surface area (Å²) in [6.07, 6.45) is 4.78.